The molecule has 0 bridgehead atoms. The molecule has 1 aliphatic heterocycles. The zero-order chi connectivity index (χ0) is 11.4. The van der Waals surface area contributed by atoms with E-state index in [4.69, 9.17) is 5.26 Å². The first-order valence-electron chi connectivity index (χ1n) is 5.61. The van der Waals surface area contributed by atoms with Crippen LogP contribution in [-0.2, 0) is 0 Å². The van der Waals surface area contributed by atoms with Crippen molar-refractivity contribution in [3.8, 4) is 6.07 Å². The zero-order valence-electron chi connectivity index (χ0n) is 9.48. The van der Waals surface area contributed by atoms with Crippen LogP contribution in [0.15, 0.2) is 18.3 Å². The third kappa shape index (κ3) is 2.15. The Hall–Kier alpha value is -1.60. The molecule has 0 aromatic carbocycles. The number of nitrogens with zero attached hydrogens (tertiary/aromatic N) is 3. The fourth-order valence-electron chi connectivity index (χ4n) is 2.10. The van der Waals surface area contributed by atoms with Gasteiger partial charge in [0.1, 0.15) is 11.9 Å². The maximum absolute atomic E-state index is 9.03. The normalized spacial score (nSPS) is 20.1. The predicted octanol–water partition coefficient (Wildman–Crippen LogP) is 1.14. The molecule has 1 N–H and O–H groups in total. The fourth-order valence-corrected chi connectivity index (χ4v) is 2.10. The summed E-state index contributed by atoms with van der Waals surface area (Å²) in [5.41, 5.74) is 0.649. The van der Waals surface area contributed by atoms with Crippen molar-refractivity contribution in [1.82, 2.24) is 10.3 Å². The predicted molar refractivity (Wildman–Crippen MR) is 63.2 cm³/mol. The molecule has 0 aliphatic carbocycles. The summed E-state index contributed by atoms with van der Waals surface area (Å²) in [4.78, 5) is 6.42. The van der Waals surface area contributed by atoms with E-state index in [1.54, 1.807) is 12.3 Å². The average molecular weight is 216 g/mol. The van der Waals surface area contributed by atoms with Gasteiger partial charge in [0.05, 0.1) is 5.56 Å². The van der Waals surface area contributed by atoms with E-state index in [9.17, 15) is 0 Å². The van der Waals surface area contributed by atoms with E-state index in [2.05, 4.69) is 21.3 Å². The summed E-state index contributed by atoms with van der Waals surface area (Å²) in [5, 5.41) is 12.4. The Morgan fingerprint density at radius 1 is 1.62 bits per heavy atom. The second-order valence-electron chi connectivity index (χ2n) is 4.10. The van der Waals surface area contributed by atoms with E-state index in [1.165, 1.54) is 6.42 Å². The van der Waals surface area contributed by atoms with Crippen LogP contribution in [-0.4, -0.2) is 31.2 Å². The van der Waals surface area contributed by atoms with Crippen LogP contribution in [0.4, 0.5) is 5.82 Å². The van der Waals surface area contributed by atoms with Crippen molar-refractivity contribution in [3.05, 3.63) is 23.9 Å². The van der Waals surface area contributed by atoms with Gasteiger partial charge in [-0.3, -0.25) is 0 Å². The molecule has 1 aliphatic rings. The average Bonchev–Trinajstić information content (AvgIpc) is 2.39. The van der Waals surface area contributed by atoms with E-state index >= 15 is 0 Å². The van der Waals surface area contributed by atoms with Gasteiger partial charge in [-0.15, -0.1) is 0 Å². The lowest BCUT2D eigenvalue weighted by Crippen LogP contribution is -2.44. The van der Waals surface area contributed by atoms with Crippen molar-refractivity contribution in [1.29, 1.82) is 5.26 Å². The lowest BCUT2D eigenvalue weighted by molar-refractivity contribution is 0.443. The van der Waals surface area contributed by atoms with Crippen LogP contribution >= 0.6 is 0 Å². The molecule has 1 aromatic heterocycles. The molecule has 0 saturated carbocycles. The van der Waals surface area contributed by atoms with E-state index in [0.29, 0.717) is 11.6 Å². The molecule has 2 heterocycles. The lowest BCUT2D eigenvalue weighted by Gasteiger charge is -2.32. The van der Waals surface area contributed by atoms with Gasteiger partial charge in [-0.1, -0.05) is 0 Å². The quantitative estimate of drug-likeness (QED) is 0.805. The van der Waals surface area contributed by atoms with E-state index in [1.807, 2.05) is 13.1 Å². The minimum Gasteiger partial charge on any atom is -0.354 e. The minimum absolute atomic E-state index is 0.441. The molecule has 2 rings (SSSR count). The highest BCUT2D eigenvalue weighted by molar-refractivity contribution is 5.53. The molecule has 4 heteroatoms. The first kappa shape index (κ1) is 10.9. The summed E-state index contributed by atoms with van der Waals surface area (Å²) in [7, 11) is 2.01. The van der Waals surface area contributed by atoms with Gasteiger partial charge in [-0.25, -0.2) is 4.98 Å². The number of anilines is 1. The number of nitriles is 1. The Morgan fingerprint density at radius 3 is 3.19 bits per heavy atom. The van der Waals surface area contributed by atoms with Crippen LogP contribution < -0.4 is 10.2 Å². The van der Waals surface area contributed by atoms with Crippen molar-refractivity contribution in [2.45, 2.75) is 18.9 Å². The number of piperidine rings is 1. The molecule has 84 valence electrons. The van der Waals surface area contributed by atoms with Gasteiger partial charge >= 0.3 is 0 Å². The highest BCUT2D eigenvalue weighted by atomic mass is 15.2. The van der Waals surface area contributed by atoms with Gasteiger partial charge in [-0.2, -0.15) is 5.26 Å². The number of rotatable bonds is 2. The highest BCUT2D eigenvalue weighted by Gasteiger charge is 2.20. The van der Waals surface area contributed by atoms with Crippen molar-refractivity contribution in [2.75, 3.05) is 25.0 Å². The van der Waals surface area contributed by atoms with Crippen LogP contribution in [0.2, 0.25) is 0 Å². The monoisotopic (exact) mass is 216 g/mol. The van der Waals surface area contributed by atoms with Crippen molar-refractivity contribution < 1.29 is 0 Å². The minimum atomic E-state index is 0.441. The van der Waals surface area contributed by atoms with E-state index in [0.717, 1.165) is 25.3 Å². The van der Waals surface area contributed by atoms with Crippen LogP contribution in [0.3, 0.4) is 0 Å². The molecule has 16 heavy (non-hydrogen) atoms. The van der Waals surface area contributed by atoms with Crippen molar-refractivity contribution in [3.63, 3.8) is 0 Å². The van der Waals surface area contributed by atoms with E-state index in [-0.39, 0.29) is 0 Å². The molecule has 1 atom stereocenters. The molecule has 1 aromatic rings. The molecule has 0 unspecified atom stereocenters. The highest BCUT2D eigenvalue weighted by Crippen LogP contribution is 2.19. The van der Waals surface area contributed by atoms with Gasteiger partial charge < -0.3 is 10.2 Å². The Bertz CT molecular complexity index is 390. The Kier molecular flexibility index (Phi) is 3.37. The molecule has 0 amide bonds. The number of hydrogen-bond donors (Lipinski definition) is 1. The molecule has 4 nitrogen and oxygen atoms in total. The second-order valence-corrected chi connectivity index (χ2v) is 4.10. The van der Waals surface area contributed by atoms with Crippen molar-refractivity contribution >= 4 is 5.82 Å². The molecule has 1 fully saturated rings. The first-order valence-corrected chi connectivity index (χ1v) is 5.61. The molecule has 0 radical (unpaired) electrons. The van der Waals surface area contributed by atoms with E-state index < -0.39 is 0 Å². The summed E-state index contributed by atoms with van der Waals surface area (Å²) >= 11 is 0. The SMILES string of the molecule is CN(c1ncccc1C#N)[C@@H]1CCCNC1. The van der Waals surface area contributed by atoms with Gasteiger partial charge in [0.15, 0.2) is 0 Å². The number of pyridine rings is 1. The van der Waals surface area contributed by atoms with Crippen LogP contribution in [0.1, 0.15) is 18.4 Å². The number of hydrogen-bond acceptors (Lipinski definition) is 4. The molecular formula is C12H16N4. The second kappa shape index (κ2) is 4.95. The van der Waals surface area contributed by atoms with Gasteiger partial charge in [0.2, 0.25) is 0 Å². The lowest BCUT2D eigenvalue weighted by atomic mass is 10.1. The zero-order valence-corrected chi connectivity index (χ0v) is 9.48. The maximum atomic E-state index is 9.03. The Balaban J connectivity index is 2.19. The number of nitrogens with one attached hydrogen (secondary N) is 1. The number of aromatic nitrogens is 1. The van der Waals surface area contributed by atoms with Crippen molar-refractivity contribution in [2.24, 2.45) is 0 Å². The smallest absolute Gasteiger partial charge is 0.146 e. The summed E-state index contributed by atoms with van der Waals surface area (Å²) in [6.45, 7) is 2.07. The fraction of sp³-hybridized carbons (Fsp3) is 0.500. The third-order valence-electron chi connectivity index (χ3n) is 3.06. The summed E-state index contributed by atoms with van der Waals surface area (Å²) < 4.78 is 0. The van der Waals surface area contributed by atoms with Crippen LogP contribution in [0.5, 0.6) is 0 Å². The van der Waals surface area contributed by atoms with Gasteiger partial charge in [-0.05, 0) is 31.5 Å². The summed E-state index contributed by atoms with van der Waals surface area (Å²) in [6, 6.07) is 6.25. The standard InChI is InChI=1S/C12H16N4/c1-16(11-5-3-6-14-9-11)12-10(8-13)4-2-7-15-12/h2,4,7,11,14H,3,5-6,9H2,1H3/t11-/m1/s1. The molecule has 0 spiro atoms. The van der Waals surface area contributed by atoms with Gasteiger partial charge in [0, 0.05) is 25.8 Å². The first-order chi connectivity index (χ1) is 7.83. The third-order valence-corrected chi connectivity index (χ3v) is 3.06. The largest absolute Gasteiger partial charge is 0.354 e. The molecular weight excluding hydrogens is 200 g/mol. The topological polar surface area (TPSA) is 52.0 Å². The van der Waals surface area contributed by atoms with Crippen LogP contribution in [0.25, 0.3) is 0 Å². The van der Waals surface area contributed by atoms with Crippen LogP contribution in [0, 0.1) is 11.3 Å². The number of likely N-dealkylation sites (N-methyl/N-ethyl adjacent to an activating group) is 1. The van der Waals surface area contributed by atoms with Gasteiger partial charge in [0.25, 0.3) is 0 Å². The maximum Gasteiger partial charge on any atom is 0.146 e. The summed E-state index contributed by atoms with van der Waals surface area (Å²) in [6.07, 6.45) is 4.08. The summed E-state index contributed by atoms with van der Waals surface area (Å²) in [5.74, 6) is 0.790. The Labute approximate surface area is 95.9 Å². The molecule has 1 saturated heterocycles. The Morgan fingerprint density at radius 2 is 2.50 bits per heavy atom.